The molecular formula is C14H11Cl3O2. The molecule has 2 aromatic rings. The number of phenols is 1. The third kappa shape index (κ3) is 4.83. The van der Waals surface area contributed by atoms with Gasteiger partial charge in [-0.1, -0.05) is 24.3 Å². The van der Waals surface area contributed by atoms with Crippen molar-refractivity contribution in [3.8, 4) is 11.5 Å². The van der Waals surface area contributed by atoms with Gasteiger partial charge in [-0.25, -0.2) is 0 Å². The average Bonchev–Trinajstić information content (AvgIpc) is 2.33. The number of aromatic hydroxyl groups is 1. The fraction of sp³-hybridized carbons (Fsp3) is 0.143. The summed E-state index contributed by atoms with van der Waals surface area (Å²) in [5.41, 5.74) is 2.20. The molecular weight excluding hydrogens is 307 g/mol. The van der Waals surface area contributed by atoms with Gasteiger partial charge in [0.15, 0.2) is 0 Å². The predicted octanol–water partition coefficient (Wildman–Crippen LogP) is 4.69. The third-order valence-corrected chi connectivity index (χ3v) is 2.73. The Balaban J connectivity index is 2.04. The fourth-order valence-corrected chi connectivity index (χ4v) is 1.93. The van der Waals surface area contributed by atoms with Gasteiger partial charge in [-0.3, -0.25) is 0 Å². The number of rotatable bonds is 3. The Hall–Kier alpha value is -1.09. The van der Waals surface area contributed by atoms with E-state index in [-0.39, 0.29) is 5.75 Å². The van der Waals surface area contributed by atoms with E-state index in [0.717, 1.165) is 17.5 Å². The first-order chi connectivity index (χ1) is 8.92. The maximum Gasteiger partial charge on any atom is 0.338 e. The standard InChI is InChI=1S/C14H11Cl3O2/c15-14(16,17)19-13-7-3-11(4-8-13)9-10-1-5-12(18)6-2-10/h1-8,18H,9H2. The Morgan fingerprint density at radius 3 is 1.79 bits per heavy atom. The molecule has 0 saturated heterocycles. The molecule has 19 heavy (non-hydrogen) atoms. The number of benzene rings is 2. The zero-order valence-electron chi connectivity index (χ0n) is 9.82. The van der Waals surface area contributed by atoms with Crippen molar-refractivity contribution in [2.24, 2.45) is 0 Å². The van der Waals surface area contributed by atoms with Crippen LogP contribution >= 0.6 is 34.8 Å². The lowest BCUT2D eigenvalue weighted by Crippen LogP contribution is -2.12. The highest BCUT2D eigenvalue weighted by Gasteiger charge is 2.21. The largest absolute Gasteiger partial charge is 0.508 e. The molecule has 0 radical (unpaired) electrons. The van der Waals surface area contributed by atoms with Gasteiger partial charge in [0.1, 0.15) is 11.5 Å². The van der Waals surface area contributed by atoms with E-state index in [1.165, 1.54) is 0 Å². The van der Waals surface area contributed by atoms with Gasteiger partial charge < -0.3 is 9.84 Å². The minimum Gasteiger partial charge on any atom is -0.508 e. The molecule has 1 N–H and O–H groups in total. The van der Waals surface area contributed by atoms with Crippen molar-refractivity contribution in [1.82, 2.24) is 0 Å². The molecule has 2 rings (SSSR count). The fourth-order valence-electron chi connectivity index (χ4n) is 1.66. The monoisotopic (exact) mass is 316 g/mol. The maximum absolute atomic E-state index is 9.21. The van der Waals surface area contributed by atoms with Crippen LogP contribution in [0.15, 0.2) is 48.5 Å². The number of hydrogen-bond acceptors (Lipinski definition) is 2. The first-order valence-electron chi connectivity index (χ1n) is 5.55. The number of alkyl halides is 3. The lowest BCUT2D eigenvalue weighted by atomic mass is 10.0. The number of phenolic OH excluding ortho intramolecular Hbond substituents is 1. The minimum atomic E-state index is -1.75. The predicted molar refractivity (Wildman–Crippen MR) is 78.3 cm³/mol. The van der Waals surface area contributed by atoms with Crippen molar-refractivity contribution in [2.75, 3.05) is 0 Å². The Morgan fingerprint density at radius 1 is 0.842 bits per heavy atom. The van der Waals surface area contributed by atoms with Crippen LogP contribution in [-0.2, 0) is 6.42 Å². The van der Waals surface area contributed by atoms with Crippen molar-refractivity contribution < 1.29 is 9.84 Å². The number of halogens is 3. The van der Waals surface area contributed by atoms with E-state index < -0.39 is 3.98 Å². The van der Waals surface area contributed by atoms with E-state index in [1.54, 1.807) is 24.3 Å². The molecule has 0 heterocycles. The molecule has 0 aliphatic carbocycles. The molecule has 5 heteroatoms. The van der Waals surface area contributed by atoms with Gasteiger partial charge in [0, 0.05) is 0 Å². The topological polar surface area (TPSA) is 29.5 Å². The smallest absolute Gasteiger partial charge is 0.338 e. The maximum atomic E-state index is 9.21. The molecule has 2 nitrogen and oxygen atoms in total. The highest BCUT2D eigenvalue weighted by atomic mass is 35.6. The van der Waals surface area contributed by atoms with Gasteiger partial charge in [0.05, 0.1) is 0 Å². The Bertz CT molecular complexity index is 530. The zero-order chi connectivity index (χ0) is 13.9. The van der Waals surface area contributed by atoms with Gasteiger partial charge in [-0.05, 0) is 76.6 Å². The summed E-state index contributed by atoms with van der Waals surface area (Å²) in [4.78, 5) is 0. The van der Waals surface area contributed by atoms with Crippen molar-refractivity contribution in [2.45, 2.75) is 10.4 Å². The SMILES string of the molecule is Oc1ccc(Cc2ccc(OC(Cl)(Cl)Cl)cc2)cc1. The summed E-state index contributed by atoms with van der Waals surface area (Å²) in [5, 5.41) is 9.21. The van der Waals surface area contributed by atoms with Gasteiger partial charge >= 0.3 is 3.98 Å². The van der Waals surface area contributed by atoms with Crippen LogP contribution < -0.4 is 4.74 Å². The highest BCUT2D eigenvalue weighted by molar-refractivity contribution is 6.66. The molecule has 0 atom stereocenters. The van der Waals surface area contributed by atoms with E-state index >= 15 is 0 Å². The normalized spacial score (nSPS) is 11.3. The van der Waals surface area contributed by atoms with Crippen molar-refractivity contribution in [3.63, 3.8) is 0 Å². The molecule has 0 spiro atoms. The highest BCUT2D eigenvalue weighted by Crippen LogP contribution is 2.30. The molecule has 0 aromatic heterocycles. The lowest BCUT2D eigenvalue weighted by Gasteiger charge is -2.13. The Labute approximate surface area is 126 Å². The first kappa shape index (κ1) is 14.3. The van der Waals surface area contributed by atoms with Crippen LogP contribution in [0.5, 0.6) is 11.5 Å². The number of hydrogen-bond donors (Lipinski definition) is 1. The second-order valence-corrected chi connectivity index (χ2v) is 6.21. The van der Waals surface area contributed by atoms with Crippen LogP contribution in [-0.4, -0.2) is 9.09 Å². The molecule has 0 aliphatic heterocycles. The van der Waals surface area contributed by atoms with E-state index in [2.05, 4.69) is 0 Å². The molecule has 0 fully saturated rings. The van der Waals surface area contributed by atoms with Crippen molar-refractivity contribution in [1.29, 1.82) is 0 Å². The lowest BCUT2D eigenvalue weighted by molar-refractivity contribution is 0.320. The average molecular weight is 318 g/mol. The summed E-state index contributed by atoms with van der Waals surface area (Å²) in [6, 6.07) is 14.4. The van der Waals surface area contributed by atoms with Crippen LogP contribution in [0.3, 0.4) is 0 Å². The van der Waals surface area contributed by atoms with Crippen molar-refractivity contribution in [3.05, 3.63) is 59.7 Å². The molecule has 0 amide bonds. The summed E-state index contributed by atoms with van der Waals surface area (Å²) < 4.78 is 3.33. The van der Waals surface area contributed by atoms with Gasteiger partial charge in [0.25, 0.3) is 0 Å². The third-order valence-electron chi connectivity index (χ3n) is 2.50. The van der Waals surface area contributed by atoms with Crippen LogP contribution in [0.1, 0.15) is 11.1 Å². The van der Waals surface area contributed by atoms with Gasteiger partial charge in [0.2, 0.25) is 0 Å². The Kier molecular flexibility index (Phi) is 4.46. The summed E-state index contributed by atoms with van der Waals surface area (Å²) in [5.74, 6) is 0.754. The Morgan fingerprint density at radius 2 is 1.32 bits per heavy atom. The second-order valence-electron chi connectivity index (χ2n) is 4.03. The van der Waals surface area contributed by atoms with Crippen molar-refractivity contribution >= 4 is 34.8 Å². The summed E-state index contributed by atoms with van der Waals surface area (Å²) in [6.45, 7) is 0. The van der Waals surface area contributed by atoms with Gasteiger partial charge in [-0.2, -0.15) is 0 Å². The summed E-state index contributed by atoms with van der Waals surface area (Å²) in [6.07, 6.45) is 0.758. The van der Waals surface area contributed by atoms with Gasteiger partial charge in [-0.15, -0.1) is 0 Å². The van der Waals surface area contributed by atoms with Crippen LogP contribution in [0.4, 0.5) is 0 Å². The first-order valence-corrected chi connectivity index (χ1v) is 6.68. The summed E-state index contributed by atoms with van der Waals surface area (Å²) >= 11 is 16.6. The molecule has 2 aromatic carbocycles. The quantitative estimate of drug-likeness (QED) is 0.832. The van der Waals surface area contributed by atoms with Crippen LogP contribution in [0.25, 0.3) is 0 Å². The number of ether oxygens (including phenoxy) is 1. The van der Waals surface area contributed by atoms with E-state index in [9.17, 15) is 5.11 Å². The van der Waals surface area contributed by atoms with E-state index in [0.29, 0.717) is 5.75 Å². The van der Waals surface area contributed by atoms with E-state index in [4.69, 9.17) is 39.5 Å². The molecule has 0 aliphatic rings. The second kappa shape index (κ2) is 5.91. The molecule has 100 valence electrons. The van der Waals surface area contributed by atoms with E-state index in [1.807, 2.05) is 24.3 Å². The molecule has 0 unspecified atom stereocenters. The van der Waals surface area contributed by atoms with Crippen LogP contribution in [0, 0.1) is 0 Å². The molecule has 0 bridgehead atoms. The minimum absolute atomic E-state index is 0.259. The zero-order valence-corrected chi connectivity index (χ0v) is 12.1. The molecule has 0 saturated carbocycles. The van der Waals surface area contributed by atoms with Crippen LogP contribution in [0.2, 0.25) is 0 Å². The summed E-state index contributed by atoms with van der Waals surface area (Å²) in [7, 11) is 0.